The predicted octanol–water partition coefficient (Wildman–Crippen LogP) is 3.79. The molecular formula is C22H23FN4O2. The summed E-state index contributed by atoms with van der Waals surface area (Å²) in [5, 5.41) is 7.09. The summed E-state index contributed by atoms with van der Waals surface area (Å²) >= 11 is 0. The van der Waals surface area contributed by atoms with Gasteiger partial charge in [-0.15, -0.1) is 0 Å². The number of hydrogen-bond donors (Lipinski definition) is 1. The Bertz CT molecular complexity index is 996. The topological polar surface area (TPSA) is 71.3 Å². The fourth-order valence-electron chi connectivity index (χ4n) is 3.18. The van der Waals surface area contributed by atoms with Gasteiger partial charge in [0.25, 0.3) is 5.91 Å². The largest absolute Gasteiger partial charge is 0.344 e. The summed E-state index contributed by atoms with van der Waals surface area (Å²) in [6.45, 7) is 0.590. The van der Waals surface area contributed by atoms with Gasteiger partial charge in [-0.2, -0.15) is 4.98 Å². The molecule has 1 N–H and O–H groups in total. The Hall–Kier alpha value is -3.06. The van der Waals surface area contributed by atoms with Gasteiger partial charge in [0.1, 0.15) is 5.82 Å². The van der Waals surface area contributed by atoms with Gasteiger partial charge >= 0.3 is 0 Å². The molecule has 1 aliphatic carbocycles. The lowest BCUT2D eigenvalue weighted by Gasteiger charge is -2.23. The third-order valence-electron chi connectivity index (χ3n) is 4.88. The van der Waals surface area contributed by atoms with Crippen LogP contribution in [0.1, 0.15) is 46.6 Å². The highest BCUT2D eigenvalue weighted by molar-refractivity contribution is 5.95. The highest BCUT2D eigenvalue weighted by atomic mass is 19.1. The molecule has 1 saturated carbocycles. The minimum atomic E-state index is -0.304. The van der Waals surface area contributed by atoms with E-state index in [1.807, 2.05) is 25.1 Å². The highest BCUT2D eigenvalue weighted by Crippen LogP contribution is 2.39. The molecule has 1 aliphatic rings. The quantitative estimate of drug-likeness (QED) is 0.660. The zero-order valence-corrected chi connectivity index (χ0v) is 16.4. The van der Waals surface area contributed by atoms with Gasteiger partial charge in [-0.3, -0.25) is 4.79 Å². The molecule has 150 valence electrons. The molecule has 0 saturated heterocycles. The van der Waals surface area contributed by atoms with Gasteiger partial charge in [-0.25, -0.2) is 4.39 Å². The molecular weight excluding hydrogens is 371 g/mol. The van der Waals surface area contributed by atoms with Crippen LogP contribution in [0.2, 0.25) is 0 Å². The monoisotopic (exact) mass is 394 g/mol. The van der Waals surface area contributed by atoms with Crippen molar-refractivity contribution in [3.63, 3.8) is 0 Å². The van der Waals surface area contributed by atoms with Crippen LogP contribution in [0, 0.1) is 5.82 Å². The standard InChI is InChI=1S/C22H23FN4O2/c1-27(2)13-19(14-8-10-18(23)11-9-14)24-21(28)17-5-3-4-16(12-17)20-25-22(29-26-20)15-6-7-15/h3-5,8-12,15,19H,6-7,13H2,1-2H3,(H,24,28)/t19-/m0/s1. The zero-order chi connectivity index (χ0) is 20.4. The number of halogens is 1. The first-order valence-corrected chi connectivity index (χ1v) is 9.64. The summed E-state index contributed by atoms with van der Waals surface area (Å²) in [6, 6.07) is 13.1. The van der Waals surface area contributed by atoms with Crippen molar-refractivity contribution in [3.05, 3.63) is 71.4 Å². The van der Waals surface area contributed by atoms with Crippen molar-refractivity contribution in [2.45, 2.75) is 24.8 Å². The van der Waals surface area contributed by atoms with Crippen molar-refractivity contribution in [3.8, 4) is 11.4 Å². The second-order valence-corrected chi connectivity index (χ2v) is 7.65. The van der Waals surface area contributed by atoms with Crippen molar-refractivity contribution in [1.82, 2.24) is 20.4 Å². The van der Waals surface area contributed by atoms with E-state index in [9.17, 15) is 9.18 Å². The van der Waals surface area contributed by atoms with Crippen molar-refractivity contribution in [1.29, 1.82) is 0 Å². The molecule has 3 aromatic rings. The van der Waals surface area contributed by atoms with Crippen LogP contribution in [-0.4, -0.2) is 41.6 Å². The third-order valence-corrected chi connectivity index (χ3v) is 4.88. The molecule has 6 nitrogen and oxygen atoms in total. The number of carbonyl (C=O) groups is 1. The predicted molar refractivity (Wildman–Crippen MR) is 107 cm³/mol. The van der Waals surface area contributed by atoms with Gasteiger partial charge in [0.15, 0.2) is 0 Å². The number of amides is 1. The van der Waals surface area contributed by atoms with Crippen LogP contribution in [-0.2, 0) is 0 Å². The molecule has 1 atom stereocenters. The molecule has 4 rings (SSSR count). The van der Waals surface area contributed by atoms with E-state index in [0.717, 1.165) is 24.0 Å². The lowest BCUT2D eigenvalue weighted by Crippen LogP contribution is -2.35. The Morgan fingerprint density at radius 1 is 1.24 bits per heavy atom. The molecule has 7 heteroatoms. The summed E-state index contributed by atoms with van der Waals surface area (Å²) in [5.74, 6) is 1.02. The van der Waals surface area contributed by atoms with E-state index in [2.05, 4.69) is 15.5 Å². The molecule has 1 heterocycles. The second-order valence-electron chi connectivity index (χ2n) is 7.65. The normalized spacial score (nSPS) is 14.8. The van der Waals surface area contributed by atoms with Crippen LogP contribution >= 0.6 is 0 Å². The summed E-state index contributed by atoms with van der Waals surface area (Å²) < 4.78 is 18.6. The summed E-state index contributed by atoms with van der Waals surface area (Å²) in [4.78, 5) is 19.3. The fraction of sp³-hybridized carbons (Fsp3) is 0.318. The maximum absolute atomic E-state index is 13.3. The summed E-state index contributed by atoms with van der Waals surface area (Å²) in [5.41, 5.74) is 2.09. The Kier molecular flexibility index (Phi) is 5.40. The molecule has 2 aromatic carbocycles. The number of nitrogens with zero attached hydrogens (tertiary/aromatic N) is 3. The SMILES string of the molecule is CN(C)C[C@H](NC(=O)c1cccc(-c2noc(C3CC3)n2)c1)c1ccc(F)cc1. The van der Waals surface area contributed by atoms with Crippen molar-refractivity contribution >= 4 is 5.91 Å². The van der Waals surface area contributed by atoms with E-state index < -0.39 is 0 Å². The molecule has 1 aromatic heterocycles. The Labute approximate surface area is 168 Å². The minimum absolute atomic E-state index is 0.214. The highest BCUT2D eigenvalue weighted by Gasteiger charge is 2.29. The van der Waals surface area contributed by atoms with E-state index in [1.165, 1.54) is 12.1 Å². The van der Waals surface area contributed by atoms with Gasteiger partial charge in [-0.1, -0.05) is 29.4 Å². The smallest absolute Gasteiger partial charge is 0.251 e. The zero-order valence-electron chi connectivity index (χ0n) is 16.4. The van der Waals surface area contributed by atoms with Gasteiger partial charge in [-0.05, 0) is 56.8 Å². The van der Waals surface area contributed by atoms with Gasteiger partial charge < -0.3 is 14.7 Å². The Morgan fingerprint density at radius 2 is 2.00 bits per heavy atom. The number of rotatable bonds is 7. The van der Waals surface area contributed by atoms with Crippen LogP contribution in [0.15, 0.2) is 53.1 Å². The van der Waals surface area contributed by atoms with E-state index in [0.29, 0.717) is 29.7 Å². The molecule has 0 radical (unpaired) electrons. The molecule has 1 fully saturated rings. The van der Waals surface area contributed by atoms with E-state index in [4.69, 9.17) is 4.52 Å². The number of aromatic nitrogens is 2. The Morgan fingerprint density at radius 3 is 2.69 bits per heavy atom. The van der Waals surface area contributed by atoms with Crippen molar-refractivity contribution < 1.29 is 13.7 Å². The summed E-state index contributed by atoms with van der Waals surface area (Å²) in [7, 11) is 3.86. The van der Waals surface area contributed by atoms with Crippen LogP contribution in [0.25, 0.3) is 11.4 Å². The van der Waals surface area contributed by atoms with Crippen molar-refractivity contribution in [2.24, 2.45) is 0 Å². The molecule has 0 bridgehead atoms. The van der Waals surface area contributed by atoms with Gasteiger partial charge in [0.05, 0.1) is 6.04 Å². The first-order chi connectivity index (χ1) is 14.0. The lowest BCUT2D eigenvalue weighted by atomic mass is 10.0. The number of benzene rings is 2. The average Bonchev–Trinajstić information content (AvgIpc) is 3.44. The maximum atomic E-state index is 13.3. The van der Waals surface area contributed by atoms with Crippen LogP contribution in [0.5, 0.6) is 0 Å². The average molecular weight is 394 g/mol. The van der Waals surface area contributed by atoms with E-state index in [-0.39, 0.29) is 17.8 Å². The first-order valence-electron chi connectivity index (χ1n) is 9.64. The number of nitrogens with one attached hydrogen (secondary N) is 1. The lowest BCUT2D eigenvalue weighted by molar-refractivity contribution is 0.0930. The van der Waals surface area contributed by atoms with Crippen LogP contribution in [0.4, 0.5) is 4.39 Å². The van der Waals surface area contributed by atoms with Crippen LogP contribution < -0.4 is 5.32 Å². The molecule has 29 heavy (non-hydrogen) atoms. The van der Waals surface area contributed by atoms with E-state index >= 15 is 0 Å². The molecule has 1 amide bonds. The van der Waals surface area contributed by atoms with Gasteiger partial charge in [0.2, 0.25) is 11.7 Å². The van der Waals surface area contributed by atoms with Gasteiger partial charge in [0, 0.05) is 23.6 Å². The fourth-order valence-corrected chi connectivity index (χ4v) is 3.18. The number of carbonyl (C=O) groups excluding carboxylic acids is 1. The molecule has 0 aliphatic heterocycles. The Balaban J connectivity index is 1.53. The number of likely N-dealkylation sites (N-methyl/N-ethyl adjacent to an activating group) is 1. The van der Waals surface area contributed by atoms with E-state index in [1.54, 1.807) is 30.3 Å². The molecule has 0 unspecified atom stereocenters. The molecule has 0 spiro atoms. The first kappa shape index (κ1) is 19.3. The number of hydrogen-bond acceptors (Lipinski definition) is 5. The second kappa shape index (κ2) is 8.13. The van der Waals surface area contributed by atoms with Crippen molar-refractivity contribution in [2.75, 3.05) is 20.6 Å². The van der Waals surface area contributed by atoms with Crippen LogP contribution in [0.3, 0.4) is 0 Å². The summed E-state index contributed by atoms with van der Waals surface area (Å²) in [6.07, 6.45) is 2.17. The maximum Gasteiger partial charge on any atom is 0.251 e. The third kappa shape index (κ3) is 4.68. The minimum Gasteiger partial charge on any atom is -0.344 e.